The van der Waals surface area contributed by atoms with Crippen molar-refractivity contribution in [2.45, 2.75) is 6.42 Å². The molecule has 124 valence electrons. The summed E-state index contributed by atoms with van der Waals surface area (Å²) >= 11 is 0. The molecule has 0 atom stereocenters. The third-order valence-electron chi connectivity index (χ3n) is 4.19. The van der Waals surface area contributed by atoms with E-state index in [1.165, 1.54) is 0 Å². The van der Waals surface area contributed by atoms with Crippen molar-refractivity contribution in [1.29, 1.82) is 0 Å². The molecule has 0 spiro atoms. The second-order valence-electron chi connectivity index (χ2n) is 5.83. The van der Waals surface area contributed by atoms with Crippen LogP contribution in [0.2, 0.25) is 0 Å². The summed E-state index contributed by atoms with van der Waals surface area (Å²) in [5.74, 6) is 2.35. The Morgan fingerprint density at radius 3 is 2.70 bits per heavy atom. The van der Waals surface area contributed by atoms with Gasteiger partial charge < -0.3 is 24.5 Å². The van der Waals surface area contributed by atoms with Crippen molar-refractivity contribution in [3.8, 4) is 11.5 Å². The van der Waals surface area contributed by atoms with Gasteiger partial charge in [0.15, 0.2) is 11.5 Å². The molecule has 0 bridgehead atoms. The molecular formula is C16H22N4O3. The molecule has 0 radical (unpaired) electrons. The smallest absolute Gasteiger partial charge is 0.201 e. The largest absolute Gasteiger partial charge is 0.486 e. The number of nitrogens with zero attached hydrogens (tertiary/aromatic N) is 2. The van der Waals surface area contributed by atoms with Crippen molar-refractivity contribution >= 4 is 17.0 Å². The molecule has 1 saturated heterocycles. The Labute approximate surface area is 134 Å². The molecule has 2 aliphatic heterocycles. The average molecular weight is 318 g/mol. The fourth-order valence-corrected chi connectivity index (χ4v) is 2.96. The normalized spacial score (nSPS) is 18.3. The van der Waals surface area contributed by atoms with E-state index in [0.29, 0.717) is 13.2 Å². The number of morpholine rings is 1. The maximum atomic E-state index is 5.60. The van der Waals surface area contributed by atoms with Crippen LogP contribution in [0.5, 0.6) is 11.5 Å². The lowest BCUT2D eigenvalue weighted by atomic mass is 10.2. The second kappa shape index (κ2) is 6.64. The van der Waals surface area contributed by atoms with Crippen molar-refractivity contribution < 1.29 is 14.2 Å². The lowest BCUT2D eigenvalue weighted by molar-refractivity contribution is 0.0378. The minimum Gasteiger partial charge on any atom is -0.486 e. The van der Waals surface area contributed by atoms with Crippen LogP contribution in [0.15, 0.2) is 12.1 Å². The molecule has 1 aromatic heterocycles. The number of hydrogen-bond acceptors (Lipinski definition) is 6. The summed E-state index contributed by atoms with van der Waals surface area (Å²) < 4.78 is 16.5. The molecule has 1 fully saturated rings. The highest BCUT2D eigenvalue weighted by molar-refractivity contribution is 5.81. The van der Waals surface area contributed by atoms with Gasteiger partial charge in [-0.2, -0.15) is 0 Å². The van der Waals surface area contributed by atoms with Gasteiger partial charge in [-0.25, -0.2) is 4.98 Å². The summed E-state index contributed by atoms with van der Waals surface area (Å²) in [5.41, 5.74) is 1.86. The van der Waals surface area contributed by atoms with Crippen LogP contribution in [0.25, 0.3) is 11.0 Å². The standard InChI is InChI=1S/C16H22N4O3/c1(3-20-4-6-21-7-5-20)2-17-16-18-12-10-14-15(11-13(12)19-16)23-9-8-22-14/h10-11H,1-9H2,(H2,17,18,19). The Kier molecular flexibility index (Phi) is 4.21. The molecular weight excluding hydrogens is 296 g/mol. The lowest BCUT2D eigenvalue weighted by Gasteiger charge is -2.26. The highest BCUT2D eigenvalue weighted by Crippen LogP contribution is 2.34. The van der Waals surface area contributed by atoms with Crippen molar-refractivity contribution in [3.63, 3.8) is 0 Å². The van der Waals surface area contributed by atoms with E-state index in [9.17, 15) is 0 Å². The van der Waals surface area contributed by atoms with Crippen molar-refractivity contribution in [3.05, 3.63) is 12.1 Å². The van der Waals surface area contributed by atoms with Gasteiger partial charge in [-0.1, -0.05) is 0 Å². The Balaban J connectivity index is 1.33. The van der Waals surface area contributed by atoms with Gasteiger partial charge in [-0.3, -0.25) is 4.90 Å². The van der Waals surface area contributed by atoms with Crippen LogP contribution in [-0.2, 0) is 4.74 Å². The van der Waals surface area contributed by atoms with E-state index < -0.39 is 0 Å². The zero-order valence-corrected chi connectivity index (χ0v) is 13.1. The molecule has 7 heteroatoms. The summed E-state index contributed by atoms with van der Waals surface area (Å²) in [6, 6.07) is 3.88. The summed E-state index contributed by atoms with van der Waals surface area (Å²) in [5, 5.41) is 3.36. The first-order valence-corrected chi connectivity index (χ1v) is 8.22. The summed E-state index contributed by atoms with van der Waals surface area (Å²) in [6.45, 7) is 6.95. The number of rotatable bonds is 5. The molecule has 0 saturated carbocycles. The zero-order valence-electron chi connectivity index (χ0n) is 13.1. The molecule has 3 heterocycles. The molecule has 0 aliphatic carbocycles. The Bertz CT molecular complexity index is 624. The third kappa shape index (κ3) is 3.35. The molecule has 2 aliphatic rings. The number of benzene rings is 1. The van der Waals surface area contributed by atoms with E-state index >= 15 is 0 Å². The number of H-pyrrole nitrogens is 1. The number of aromatic nitrogens is 2. The van der Waals surface area contributed by atoms with Gasteiger partial charge in [0.2, 0.25) is 5.95 Å². The maximum absolute atomic E-state index is 5.60. The lowest BCUT2D eigenvalue weighted by Crippen LogP contribution is -2.37. The number of hydrogen-bond donors (Lipinski definition) is 2. The molecule has 7 nitrogen and oxygen atoms in total. The van der Waals surface area contributed by atoms with E-state index in [2.05, 4.69) is 20.2 Å². The minimum absolute atomic E-state index is 0.593. The van der Waals surface area contributed by atoms with E-state index in [1.807, 2.05) is 12.1 Å². The maximum Gasteiger partial charge on any atom is 0.201 e. The topological polar surface area (TPSA) is 71.6 Å². The Morgan fingerprint density at radius 1 is 1.09 bits per heavy atom. The van der Waals surface area contributed by atoms with Gasteiger partial charge >= 0.3 is 0 Å². The van der Waals surface area contributed by atoms with Gasteiger partial charge in [0.1, 0.15) is 13.2 Å². The van der Waals surface area contributed by atoms with Gasteiger partial charge in [0.05, 0.1) is 24.2 Å². The number of fused-ring (bicyclic) bond motifs is 2. The number of ether oxygens (including phenoxy) is 3. The Morgan fingerprint density at radius 2 is 1.87 bits per heavy atom. The van der Waals surface area contributed by atoms with Crippen LogP contribution in [0.3, 0.4) is 0 Å². The second-order valence-corrected chi connectivity index (χ2v) is 5.83. The molecule has 0 amide bonds. The van der Waals surface area contributed by atoms with Crippen LogP contribution in [-0.4, -0.2) is 67.5 Å². The van der Waals surface area contributed by atoms with Crippen molar-refractivity contribution in [2.24, 2.45) is 0 Å². The van der Waals surface area contributed by atoms with Gasteiger partial charge in [-0.05, 0) is 13.0 Å². The predicted octanol–water partition coefficient (Wildman–Crippen LogP) is 1.47. The molecule has 0 unspecified atom stereocenters. The fourth-order valence-electron chi connectivity index (χ4n) is 2.96. The summed E-state index contributed by atoms with van der Waals surface area (Å²) in [4.78, 5) is 10.3. The minimum atomic E-state index is 0.593. The SMILES string of the molecule is c1c2c(cc3[nH]c(NCCCN4CCOCC4)nc13)OCCO2. The molecule has 1 aromatic carbocycles. The molecule has 2 N–H and O–H groups in total. The van der Waals surface area contributed by atoms with Crippen LogP contribution in [0.1, 0.15) is 6.42 Å². The quantitative estimate of drug-likeness (QED) is 0.814. The van der Waals surface area contributed by atoms with E-state index in [-0.39, 0.29) is 0 Å². The van der Waals surface area contributed by atoms with Crippen molar-refractivity contribution in [2.75, 3.05) is 57.9 Å². The highest BCUT2D eigenvalue weighted by Gasteiger charge is 2.15. The average Bonchev–Trinajstić information content (AvgIpc) is 2.99. The first-order valence-electron chi connectivity index (χ1n) is 8.22. The van der Waals surface area contributed by atoms with Gasteiger partial charge in [-0.15, -0.1) is 0 Å². The van der Waals surface area contributed by atoms with Crippen LogP contribution in [0, 0.1) is 0 Å². The van der Waals surface area contributed by atoms with Crippen LogP contribution < -0.4 is 14.8 Å². The predicted molar refractivity (Wildman–Crippen MR) is 87.4 cm³/mol. The van der Waals surface area contributed by atoms with Gasteiger partial charge in [0.25, 0.3) is 0 Å². The first kappa shape index (κ1) is 14.6. The van der Waals surface area contributed by atoms with E-state index in [4.69, 9.17) is 14.2 Å². The third-order valence-corrected chi connectivity index (χ3v) is 4.19. The first-order chi connectivity index (χ1) is 11.4. The fraction of sp³-hybridized carbons (Fsp3) is 0.562. The molecule has 4 rings (SSSR count). The van der Waals surface area contributed by atoms with E-state index in [0.717, 1.165) is 74.3 Å². The summed E-state index contributed by atoms with van der Waals surface area (Å²) in [7, 11) is 0. The summed E-state index contributed by atoms with van der Waals surface area (Å²) in [6.07, 6.45) is 1.08. The van der Waals surface area contributed by atoms with Crippen LogP contribution in [0.4, 0.5) is 5.95 Å². The zero-order chi connectivity index (χ0) is 15.5. The van der Waals surface area contributed by atoms with E-state index in [1.54, 1.807) is 0 Å². The van der Waals surface area contributed by atoms with Gasteiger partial charge in [0, 0.05) is 31.8 Å². The molecule has 23 heavy (non-hydrogen) atoms. The number of imidazole rings is 1. The monoisotopic (exact) mass is 318 g/mol. The molecule has 2 aromatic rings. The van der Waals surface area contributed by atoms with Crippen molar-refractivity contribution in [1.82, 2.24) is 14.9 Å². The van der Waals surface area contributed by atoms with Crippen LogP contribution >= 0.6 is 0 Å². The number of aromatic amines is 1. The highest BCUT2D eigenvalue weighted by atomic mass is 16.6. The number of anilines is 1. The Hall–Kier alpha value is -1.99. The number of nitrogens with one attached hydrogen (secondary N) is 2.